The molecule has 0 spiro atoms. The number of aromatic carboxylic acids is 1. The summed E-state index contributed by atoms with van der Waals surface area (Å²) in [6, 6.07) is 4.76. The average molecular weight is 237 g/mol. The Kier molecular flexibility index (Phi) is 5.33. The van der Waals surface area contributed by atoms with Gasteiger partial charge in [-0.15, -0.1) is 0 Å². The predicted molar refractivity (Wildman–Crippen MR) is 67.5 cm³/mol. The third kappa shape index (κ3) is 3.98. The van der Waals surface area contributed by atoms with Gasteiger partial charge in [0.05, 0.1) is 12.3 Å². The number of nitrogens with two attached hydrogens (primary N) is 1. The Labute approximate surface area is 101 Å². The number of hydrogen-bond donors (Lipinski definition) is 2. The highest BCUT2D eigenvalue weighted by atomic mass is 16.5. The van der Waals surface area contributed by atoms with Crippen LogP contribution < -0.4 is 10.5 Å². The molecule has 0 aliphatic rings. The van der Waals surface area contributed by atoms with E-state index in [4.69, 9.17) is 15.6 Å². The van der Waals surface area contributed by atoms with Crippen LogP contribution in [0.25, 0.3) is 0 Å². The fourth-order valence-electron chi connectivity index (χ4n) is 1.59. The number of anilines is 1. The van der Waals surface area contributed by atoms with E-state index in [1.807, 2.05) is 0 Å². The highest BCUT2D eigenvalue weighted by Crippen LogP contribution is 2.26. The molecule has 0 bridgehead atoms. The first-order chi connectivity index (χ1) is 8.16. The number of benzene rings is 1. The van der Waals surface area contributed by atoms with Crippen molar-refractivity contribution in [3.05, 3.63) is 23.8 Å². The Bertz CT molecular complexity index is 377. The SMILES string of the molecule is CCCCCCOc1c(N)cccc1C(=O)O. The van der Waals surface area contributed by atoms with Crippen LogP contribution >= 0.6 is 0 Å². The van der Waals surface area contributed by atoms with Crippen LogP contribution in [0.2, 0.25) is 0 Å². The van der Waals surface area contributed by atoms with E-state index in [-0.39, 0.29) is 11.3 Å². The van der Waals surface area contributed by atoms with Gasteiger partial charge in [0.25, 0.3) is 0 Å². The molecule has 0 heterocycles. The van der Waals surface area contributed by atoms with Crippen LogP contribution in [0.4, 0.5) is 5.69 Å². The van der Waals surface area contributed by atoms with Gasteiger partial charge in [-0.2, -0.15) is 0 Å². The summed E-state index contributed by atoms with van der Waals surface area (Å²) < 4.78 is 5.47. The number of nitrogen functional groups attached to an aromatic ring is 1. The van der Waals surface area contributed by atoms with Crippen molar-refractivity contribution in [2.45, 2.75) is 32.6 Å². The van der Waals surface area contributed by atoms with Crippen LogP contribution in [-0.4, -0.2) is 17.7 Å². The van der Waals surface area contributed by atoms with Gasteiger partial charge < -0.3 is 15.6 Å². The Hall–Kier alpha value is -1.71. The minimum absolute atomic E-state index is 0.125. The van der Waals surface area contributed by atoms with E-state index < -0.39 is 5.97 Å². The summed E-state index contributed by atoms with van der Waals surface area (Å²) in [5, 5.41) is 9.00. The van der Waals surface area contributed by atoms with Gasteiger partial charge in [0.15, 0.2) is 5.75 Å². The average Bonchev–Trinajstić information content (AvgIpc) is 2.30. The normalized spacial score (nSPS) is 10.2. The molecule has 0 radical (unpaired) electrons. The van der Waals surface area contributed by atoms with Crippen LogP contribution in [0.5, 0.6) is 5.75 Å². The molecule has 0 saturated carbocycles. The zero-order valence-electron chi connectivity index (χ0n) is 10.1. The largest absolute Gasteiger partial charge is 0.491 e. The molecule has 0 unspecified atom stereocenters. The summed E-state index contributed by atoms with van der Waals surface area (Å²) in [7, 11) is 0. The molecule has 0 aliphatic heterocycles. The maximum absolute atomic E-state index is 11.0. The molecule has 4 nitrogen and oxygen atoms in total. The first kappa shape index (κ1) is 13.4. The molecule has 1 aromatic rings. The number of carboxylic acid groups (broad SMARTS) is 1. The molecule has 0 fully saturated rings. The molecule has 1 rings (SSSR count). The zero-order valence-corrected chi connectivity index (χ0v) is 10.1. The molecule has 3 N–H and O–H groups in total. The first-order valence-electron chi connectivity index (χ1n) is 5.91. The minimum atomic E-state index is -1.01. The first-order valence-corrected chi connectivity index (χ1v) is 5.91. The quantitative estimate of drug-likeness (QED) is 0.565. The maximum Gasteiger partial charge on any atom is 0.339 e. The maximum atomic E-state index is 11.0. The smallest absolute Gasteiger partial charge is 0.339 e. The molecule has 0 aromatic heterocycles. The predicted octanol–water partition coefficient (Wildman–Crippen LogP) is 2.93. The number of hydrogen-bond acceptors (Lipinski definition) is 3. The third-order valence-electron chi connectivity index (χ3n) is 2.52. The van der Waals surface area contributed by atoms with Crippen molar-refractivity contribution in [1.82, 2.24) is 0 Å². The highest BCUT2D eigenvalue weighted by Gasteiger charge is 2.13. The number of rotatable bonds is 7. The van der Waals surface area contributed by atoms with Gasteiger partial charge in [-0.1, -0.05) is 32.3 Å². The Morgan fingerprint density at radius 3 is 2.76 bits per heavy atom. The molecule has 0 saturated heterocycles. The van der Waals surface area contributed by atoms with Gasteiger partial charge in [-0.05, 0) is 18.6 Å². The fourth-order valence-corrected chi connectivity index (χ4v) is 1.59. The minimum Gasteiger partial charge on any atom is -0.491 e. The Morgan fingerprint density at radius 2 is 2.12 bits per heavy atom. The van der Waals surface area contributed by atoms with E-state index in [2.05, 4.69) is 6.92 Å². The van der Waals surface area contributed by atoms with E-state index in [1.54, 1.807) is 12.1 Å². The Balaban J connectivity index is 2.60. The fraction of sp³-hybridized carbons (Fsp3) is 0.462. The van der Waals surface area contributed by atoms with Crippen LogP contribution in [0, 0.1) is 0 Å². The Morgan fingerprint density at radius 1 is 1.35 bits per heavy atom. The van der Waals surface area contributed by atoms with Gasteiger partial charge in [0.1, 0.15) is 5.56 Å². The molecule has 0 atom stereocenters. The number of carbonyl (C=O) groups is 1. The van der Waals surface area contributed by atoms with E-state index in [0.29, 0.717) is 12.3 Å². The molecular weight excluding hydrogens is 218 g/mol. The lowest BCUT2D eigenvalue weighted by molar-refractivity contribution is 0.0692. The van der Waals surface area contributed by atoms with Gasteiger partial charge in [-0.25, -0.2) is 4.79 Å². The van der Waals surface area contributed by atoms with E-state index in [0.717, 1.165) is 19.3 Å². The molecule has 94 valence electrons. The second-order valence-electron chi connectivity index (χ2n) is 3.94. The highest BCUT2D eigenvalue weighted by molar-refractivity contribution is 5.93. The van der Waals surface area contributed by atoms with Gasteiger partial charge in [0, 0.05) is 0 Å². The van der Waals surface area contributed by atoms with Crippen LogP contribution in [0.3, 0.4) is 0 Å². The molecule has 1 aromatic carbocycles. The number of carboxylic acids is 1. The number of unbranched alkanes of at least 4 members (excludes halogenated alkanes) is 3. The second kappa shape index (κ2) is 6.78. The molecular formula is C13H19NO3. The summed E-state index contributed by atoms with van der Waals surface area (Å²) in [5.74, 6) is -0.725. The van der Waals surface area contributed by atoms with E-state index >= 15 is 0 Å². The lowest BCUT2D eigenvalue weighted by atomic mass is 10.1. The molecule has 17 heavy (non-hydrogen) atoms. The zero-order chi connectivity index (χ0) is 12.7. The lowest BCUT2D eigenvalue weighted by Crippen LogP contribution is -2.07. The summed E-state index contributed by atoms with van der Waals surface area (Å²) in [5.41, 5.74) is 6.21. The lowest BCUT2D eigenvalue weighted by Gasteiger charge is -2.11. The number of para-hydroxylation sites is 1. The number of ether oxygens (including phenoxy) is 1. The van der Waals surface area contributed by atoms with Gasteiger partial charge in [0.2, 0.25) is 0 Å². The van der Waals surface area contributed by atoms with E-state index in [1.165, 1.54) is 12.5 Å². The summed E-state index contributed by atoms with van der Waals surface area (Å²) in [6.07, 6.45) is 4.33. The van der Waals surface area contributed by atoms with Crippen LogP contribution in [-0.2, 0) is 0 Å². The van der Waals surface area contributed by atoms with Gasteiger partial charge in [-0.3, -0.25) is 0 Å². The van der Waals surface area contributed by atoms with E-state index in [9.17, 15) is 4.79 Å². The monoisotopic (exact) mass is 237 g/mol. The van der Waals surface area contributed by atoms with Crippen LogP contribution in [0.1, 0.15) is 43.0 Å². The van der Waals surface area contributed by atoms with Crippen molar-refractivity contribution in [1.29, 1.82) is 0 Å². The van der Waals surface area contributed by atoms with Gasteiger partial charge >= 0.3 is 5.97 Å². The molecule has 4 heteroatoms. The standard InChI is InChI=1S/C13H19NO3/c1-2-3-4-5-9-17-12-10(13(15)16)7-6-8-11(12)14/h6-8H,2-5,9,14H2,1H3,(H,15,16). The van der Waals surface area contributed by atoms with Crippen LogP contribution in [0.15, 0.2) is 18.2 Å². The third-order valence-corrected chi connectivity index (χ3v) is 2.52. The summed E-state index contributed by atoms with van der Waals surface area (Å²) in [4.78, 5) is 11.0. The van der Waals surface area contributed by atoms with Crippen molar-refractivity contribution in [2.24, 2.45) is 0 Å². The van der Waals surface area contributed by atoms with Crippen molar-refractivity contribution in [2.75, 3.05) is 12.3 Å². The van der Waals surface area contributed by atoms with Crippen molar-refractivity contribution in [3.8, 4) is 5.75 Å². The molecule has 0 amide bonds. The molecule has 0 aliphatic carbocycles. The summed E-state index contributed by atoms with van der Waals surface area (Å²) >= 11 is 0. The second-order valence-corrected chi connectivity index (χ2v) is 3.94. The van der Waals surface area contributed by atoms with Crippen molar-refractivity contribution < 1.29 is 14.6 Å². The van der Waals surface area contributed by atoms with Crippen molar-refractivity contribution >= 4 is 11.7 Å². The van der Waals surface area contributed by atoms with Crippen molar-refractivity contribution in [3.63, 3.8) is 0 Å². The summed E-state index contributed by atoms with van der Waals surface area (Å²) in [6.45, 7) is 2.65. The topological polar surface area (TPSA) is 72.5 Å².